The number of thiophene rings is 1. The Morgan fingerprint density at radius 1 is 1.24 bits per heavy atom. The lowest BCUT2D eigenvalue weighted by molar-refractivity contribution is 0.0697. The van der Waals surface area contributed by atoms with Crippen LogP contribution in [0.15, 0.2) is 30.5 Å². The summed E-state index contributed by atoms with van der Waals surface area (Å²) in [6.45, 7) is 8.14. The summed E-state index contributed by atoms with van der Waals surface area (Å²) in [4.78, 5) is 18.9. The van der Waals surface area contributed by atoms with Crippen molar-refractivity contribution in [1.82, 2.24) is 24.8 Å². The van der Waals surface area contributed by atoms with Gasteiger partial charge in [-0.2, -0.15) is 9.61 Å². The average Bonchev–Trinajstić information content (AvgIpc) is 3.41. The van der Waals surface area contributed by atoms with E-state index < -0.39 is 5.97 Å². The van der Waals surface area contributed by atoms with Gasteiger partial charge in [-0.1, -0.05) is 0 Å². The number of carboxylic acid groups (broad SMARTS) is 1. The number of aromatic carboxylic acids is 1. The number of hydrogen-bond acceptors (Lipinski definition) is 7. The second-order valence-electron chi connectivity index (χ2n) is 6.49. The Bertz CT molecular complexity index is 1240. The monoisotopic (exact) mass is 408 g/mol. The summed E-state index contributed by atoms with van der Waals surface area (Å²) in [6, 6.07) is 7.14. The summed E-state index contributed by atoms with van der Waals surface area (Å²) in [7, 11) is 0. The predicted octanol–water partition coefficient (Wildman–Crippen LogP) is 2.65. The Labute approximate surface area is 171 Å². The number of carboxylic acids is 1. The summed E-state index contributed by atoms with van der Waals surface area (Å²) < 4.78 is 1.62. The second-order valence-corrected chi connectivity index (χ2v) is 7.58. The third-order valence-electron chi connectivity index (χ3n) is 4.73. The van der Waals surface area contributed by atoms with Crippen LogP contribution in [0.1, 0.15) is 34.8 Å². The van der Waals surface area contributed by atoms with Crippen LogP contribution in [0.5, 0.6) is 0 Å². The van der Waals surface area contributed by atoms with Crippen molar-refractivity contribution >= 4 is 34.0 Å². The Balaban J connectivity index is 1.79. The fourth-order valence-corrected chi connectivity index (χ4v) is 4.27. The second kappa shape index (κ2) is 7.59. The average molecular weight is 408 g/mol. The highest BCUT2D eigenvalue weighted by Gasteiger charge is 2.16. The minimum Gasteiger partial charge on any atom is -0.478 e. The van der Waals surface area contributed by atoms with Crippen LogP contribution in [0.3, 0.4) is 0 Å². The molecule has 4 rings (SSSR count). The van der Waals surface area contributed by atoms with Crippen molar-refractivity contribution in [2.75, 3.05) is 18.0 Å². The first-order chi connectivity index (χ1) is 14.0. The number of aryl methyl sites for hydroxylation is 1. The van der Waals surface area contributed by atoms with Crippen LogP contribution in [-0.4, -0.2) is 49.0 Å². The van der Waals surface area contributed by atoms with Crippen LogP contribution in [0.25, 0.3) is 23.2 Å². The molecular weight excluding hydrogens is 388 g/mol. The van der Waals surface area contributed by atoms with Crippen molar-refractivity contribution in [2.24, 2.45) is 0 Å². The highest BCUT2D eigenvalue weighted by atomic mass is 32.1. The molecule has 0 fully saturated rings. The van der Waals surface area contributed by atoms with Gasteiger partial charge in [-0.3, -0.25) is 4.98 Å². The number of pyridine rings is 1. The number of hydrogen-bond donors (Lipinski definition) is 1. The molecule has 0 aliphatic carbocycles. The molecule has 0 bridgehead atoms. The molecule has 0 aliphatic heterocycles. The first kappa shape index (κ1) is 19.0. The summed E-state index contributed by atoms with van der Waals surface area (Å²) >= 11 is 1.72. The largest absolute Gasteiger partial charge is 0.478 e. The molecule has 8 nitrogen and oxygen atoms in total. The van der Waals surface area contributed by atoms with Gasteiger partial charge in [0.1, 0.15) is 5.69 Å². The Morgan fingerprint density at radius 2 is 2.03 bits per heavy atom. The number of carbonyl (C=O) groups is 1. The van der Waals surface area contributed by atoms with Crippen LogP contribution in [0.4, 0.5) is 5.00 Å². The van der Waals surface area contributed by atoms with Gasteiger partial charge in [-0.15, -0.1) is 21.5 Å². The molecule has 9 heteroatoms. The molecule has 0 radical (unpaired) electrons. The normalized spacial score (nSPS) is 12.0. The molecule has 0 unspecified atom stereocenters. The lowest BCUT2D eigenvalue weighted by Gasteiger charge is -2.17. The van der Waals surface area contributed by atoms with Crippen molar-refractivity contribution in [3.63, 3.8) is 0 Å². The maximum absolute atomic E-state index is 11.2. The molecule has 0 aliphatic rings. The molecule has 4 heterocycles. The summed E-state index contributed by atoms with van der Waals surface area (Å²) in [6.07, 6.45) is 3.51. The molecule has 0 saturated carbocycles. The zero-order valence-corrected chi connectivity index (χ0v) is 17.1. The quantitative estimate of drug-likeness (QED) is 0.524. The van der Waals surface area contributed by atoms with Crippen molar-refractivity contribution < 1.29 is 9.90 Å². The number of anilines is 1. The van der Waals surface area contributed by atoms with E-state index in [4.69, 9.17) is 0 Å². The van der Waals surface area contributed by atoms with E-state index in [1.54, 1.807) is 15.9 Å². The van der Waals surface area contributed by atoms with E-state index in [-0.39, 0.29) is 5.56 Å². The molecule has 4 aromatic rings. The molecule has 0 aromatic carbocycles. The van der Waals surface area contributed by atoms with E-state index in [1.165, 1.54) is 23.3 Å². The van der Waals surface area contributed by atoms with Gasteiger partial charge in [0.25, 0.3) is 0 Å². The fraction of sp³-hybridized carbons (Fsp3) is 0.250. The maximum Gasteiger partial charge on any atom is 0.335 e. The molecule has 0 atom stereocenters. The van der Waals surface area contributed by atoms with Gasteiger partial charge in [0.05, 0.1) is 16.3 Å². The SMILES string of the molecule is CCN(CC)c1ccc(/C=c2/c(C)nn3c(-c4cc(C(=O)O)ccn4)nnc23)s1. The van der Waals surface area contributed by atoms with E-state index in [9.17, 15) is 9.90 Å². The van der Waals surface area contributed by atoms with Crippen molar-refractivity contribution in [2.45, 2.75) is 20.8 Å². The Morgan fingerprint density at radius 3 is 2.76 bits per heavy atom. The lowest BCUT2D eigenvalue weighted by Crippen LogP contribution is -2.20. The van der Waals surface area contributed by atoms with Crippen LogP contribution < -0.4 is 10.1 Å². The highest BCUT2D eigenvalue weighted by molar-refractivity contribution is 7.16. The number of aromatic nitrogens is 5. The lowest BCUT2D eigenvalue weighted by atomic mass is 10.2. The zero-order valence-electron chi connectivity index (χ0n) is 16.3. The van der Waals surface area contributed by atoms with Gasteiger partial charge in [0.2, 0.25) is 5.82 Å². The van der Waals surface area contributed by atoms with Gasteiger partial charge in [-0.05, 0) is 51.1 Å². The van der Waals surface area contributed by atoms with E-state index in [1.807, 2.05) is 6.92 Å². The molecule has 4 aromatic heterocycles. The summed E-state index contributed by atoms with van der Waals surface area (Å²) in [5.41, 5.74) is 2.01. The van der Waals surface area contributed by atoms with E-state index in [0.717, 1.165) is 28.9 Å². The van der Waals surface area contributed by atoms with Crippen LogP contribution in [-0.2, 0) is 0 Å². The minimum atomic E-state index is -1.02. The van der Waals surface area contributed by atoms with Crippen molar-refractivity contribution in [3.8, 4) is 11.5 Å². The van der Waals surface area contributed by atoms with Gasteiger partial charge >= 0.3 is 5.97 Å². The summed E-state index contributed by atoms with van der Waals surface area (Å²) in [5, 5.41) is 24.4. The first-order valence-corrected chi connectivity index (χ1v) is 10.1. The highest BCUT2D eigenvalue weighted by Crippen LogP contribution is 2.26. The third kappa shape index (κ3) is 3.44. The molecular formula is C20H20N6O2S. The van der Waals surface area contributed by atoms with Gasteiger partial charge < -0.3 is 10.0 Å². The smallest absolute Gasteiger partial charge is 0.335 e. The van der Waals surface area contributed by atoms with Crippen LogP contribution in [0.2, 0.25) is 0 Å². The number of nitrogens with zero attached hydrogens (tertiary/aromatic N) is 6. The molecule has 0 saturated heterocycles. The standard InChI is InChI=1S/C20H20N6O2S/c1-4-25(5-2)17-7-6-14(29-17)11-15-12(3)24-26-18(15)22-23-19(26)16-10-13(20(27)28)8-9-21-16/h6-11H,4-5H2,1-3H3,(H,27,28)/b15-11-. The first-order valence-electron chi connectivity index (χ1n) is 9.29. The minimum absolute atomic E-state index is 0.143. The third-order valence-corrected chi connectivity index (χ3v) is 5.82. The summed E-state index contributed by atoms with van der Waals surface area (Å²) in [5.74, 6) is -0.599. The zero-order chi connectivity index (χ0) is 20.5. The van der Waals surface area contributed by atoms with Crippen molar-refractivity contribution in [3.05, 3.63) is 51.8 Å². The van der Waals surface area contributed by atoms with E-state index in [2.05, 4.69) is 57.2 Å². The van der Waals surface area contributed by atoms with Gasteiger partial charge in [-0.25, -0.2) is 4.79 Å². The van der Waals surface area contributed by atoms with Crippen LogP contribution in [0, 0.1) is 6.92 Å². The molecule has 0 amide bonds. The molecule has 29 heavy (non-hydrogen) atoms. The molecule has 148 valence electrons. The Hall–Kier alpha value is -3.33. The maximum atomic E-state index is 11.2. The van der Waals surface area contributed by atoms with Gasteiger partial charge in [0, 0.05) is 29.4 Å². The van der Waals surface area contributed by atoms with E-state index in [0.29, 0.717) is 17.2 Å². The number of fused-ring (bicyclic) bond motifs is 1. The van der Waals surface area contributed by atoms with E-state index >= 15 is 0 Å². The number of rotatable bonds is 6. The molecule has 1 N–H and O–H groups in total. The fourth-order valence-electron chi connectivity index (χ4n) is 3.19. The molecule has 0 spiro atoms. The predicted molar refractivity (Wildman–Crippen MR) is 112 cm³/mol. The van der Waals surface area contributed by atoms with Crippen molar-refractivity contribution in [1.29, 1.82) is 0 Å². The van der Waals surface area contributed by atoms with Gasteiger partial charge in [0.15, 0.2) is 5.65 Å². The Kier molecular flexibility index (Phi) is 4.98. The topological polar surface area (TPSA) is 96.5 Å². The van der Waals surface area contributed by atoms with Crippen LogP contribution >= 0.6 is 11.3 Å².